The molecule has 0 amide bonds. The van der Waals surface area contributed by atoms with Crippen molar-refractivity contribution in [2.24, 2.45) is 5.73 Å². The van der Waals surface area contributed by atoms with Crippen molar-refractivity contribution in [3.05, 3.63) is 56.2 Å². The summed E-state index contributed by atoms with van der Waals surface area (Å²) in [5, 5.41) is 5.14. The zero-order valence-electron chi connectivity index (χ0n) is 7.78. The topological polar surface area (TPSA) is 26.0 Å². The van der Waals surface area contributed by atoms with Crippen molar-refractivity contribution in [2.45, 2.75) is 6.04 Å². The van der Waals surface area contributed by atoms with E-state index >= 15 is 0 Å². The molecule has 0 saturated heterocycles. The molecule has 1 heterocycles. The van der Waals surface area contributed by atoms with Crippen LogP contribution in [0, 0.1) is 0 Å². The molecule has 0 saturated carbocycles. The minimum Gasteiger partial charge on any atom is -0.320 e. The molecule has 78 valence electrons. The quantitative estimate of drug-likeness (QED) is 0.862. The molecule has 1 aromatic heterocycles. The van der Waals surface area contributed by atoms with Crippen molar-refractivity contribution in [1.82, 2.24) is 0 Å². The Balaban J connectivity index is 2.34. The largest absolute Gasteiger partial charge is 0.320 e. The summed E-state index contributed by atoms with van der Waals surface area (Å²) >= 11 is 13.4. The van der Waals surface area contributed by atoms with Crippen LogP contribution in [-0.4, -0.2) is 0 Å². The van der Waals surface area contributed by atoms with Crippen LogP contribution in [0.5, 0.6) is 0 Å². The van der Waals surface area contributed by atoms with E-state index in [4.69, 9.17) is 28.9 Å². The number of nitrogens with two attached hydrogens (primary N) is 1. The zero-order valence-corrected chi connectivity index (χ0v) is 10.1. The Hall–Kier alpha value is -0.540. The van der Waals surface area contributed by atoms with Crippen LogP contribution in [0.15, 0.2) is 35.0 Å². The number of hydrogen-bond acceptors (Lipinski definition) is 2. The molecule has 1 nitrogen and oxygen atoms in total. The molecule has 4 heteroatoms. The molecule has 1 unspecified atom stereocenters. The number of rotatable bonds is 2. The Morgan fingerprint density at radius 3 is 2.47 bits per heavy atom. The third-order valence-electron chi connectivity index (χ3n) is 2.21. The van der Waals surface area contributed by atoms with Gasteiger partial charge < -0.3 is 5.73 Å². The number of hydrogen-bond donors (Lipinski definition) is 1. The summed E-state index contributed by atoms with van der Waals surface area (Å²) in [6, 6.07) is 7.36. The second-order valence-electron chi connectivity index (χ2n) is 3.21. The lowest BCUT2D eigenvalue weighted by Crippen LogP contribution is -2.10. The van der Waals surface area contributed by atoms with E-state index in [0.717, 1.165) is 11.1 Å². The van der Waals surface area contributed by atoms with Gasteiger partial charge in [-0.05, 0) is 40.1 Å². The average molecular weight is 258 g/mol. The fraction of sp³-hybridized carbons (Fsp3) is 0.0909. The molecular weight excluding hydrogens is 249 g/mol. The zero-order chi connectivity index (χ0) is 10.8. The highest BCUT2D eigenvalue weighted by Crippen LogP contribution is 2.28. The third kappa shape index (κ3) is 2.34. The number of thiophene rings is 1. The predicted molar refractivity (Wildman–Crippen MR) is 66.8 cm³/mol. The van der Waals surface area contributed by atoms with Gasteiger partial charge in [0.05, 0.1) is 16.1 Å². The van der Waals surface area contributed by atoms with Gasteiger partial charge in [0.1, 0.15) is 0 Å². The minimum atomic E-state index is -0.133. The van der Waals surface area contributed by atoms with E-state index in [1.54, 1.807) is 17.4 Å². The fourth-order valence-electron chi connectivity index (χ4n) is 1.35. The van der Waals surface area contributed by atoms with Gasteiger partial charge >= 0.3 is 0 Å². The Bertz CT molecular complexity index is 454. The first-order valence-electron chi connectivity index (χ1n) is 4.41. The summed E-state index contributed by atoms with van der Waals surface area (Å²) in [5.41, 5.74) is 8.16. The van der Waals surface area contributed by atoms with Gasteiger partial charge in [-0.25, -0.2) is 0 Å². The highest BCUT2D eigenvalue weighted by Gasteiger charge is 2.10. The second kappa shape index (κ2) is 4.54. The first-order valence-corrected chi connectivity index (χ1v) is 6.11. The van der Waals surface area contributed by atoms with Gasteiger partial charge in [0.15, 0.2) is 0 Å². The van der Waals surface area contributed by atoms with E-state index in [0.29, 0.717) is 10.0 Å². The van der Waals surface area contributed by atoms with E-state index < -0.39 is 0 Å². The van der Waals surface area contributed by atoms with Crippen LogP contribution in [0.4, 0.5) is 0 Å². The van der Waals surface area contributed by atoms with Crippen LogP contribution in [0.3, 0.4) is 0 Å². The van der Waals surface area contributed by atoms with E-state index in [2.05, 4.69) is 0 Å². The van der Waals surface area contributed by atoms with Gasteiger partial charge in [0.2, 0.25) is 0 Å². The third-order valence-corrected chi connectivity index (χ3v) is 3.65. The van der Waals surface area contributed by atoms with Crippen LogP contribution in [-0.2, 0) is 0 Å². The maximum Gasteiger partial charge on any atom is 0.0595 e. The molecule has 0 bridgehead atoms. The Kier molecular flexibility index (Phi) is 3.32. The normalized spacial score (nSPS) is 12.7. The lowest BCUT2D eigenvalue weighted by molar-refractivity contribution is 0.877. The summed E-state index contributed by atoms with van der Waals surface area (Å²) in [4.78, 5) is 0. The van der Waals surface area contributed by atoms with Gasteiger partial charge in [-0.3, -0.25) is 0 Å². The lowest BCUT2D eigenvalue weighted by Gasteiger charge is -2.11. The van der Waals surface area contributed by atoms with E-state index in [1.165, 1.54) is 0 Å². The average Bonchev–Trinajstić information content (AvgIpc) is 2.74. The Morgan fingerprint density at radius 1 is 1.07 bits per heavy atom. The van der Waals surface area contributed by atoms with Gasteiger partial charge in [-0.15, -0.1) is 0 Å². The van der Waals surface area contributed by atoms with Crippen LogP contribution >= 0.6 is 34.5 Å². The Morgan fingerprint density at radius 2 is 1.87 bits per heavy atom. The molecule has 1 aromatic carbocycles. The van der Waals surface area contributed by atoms with Crippen molar-refractivity contribution >= 4 is 34.5 Å². The molecule has 0 spiro atoms. The maximum absolute atomic E-state index is 6.08. The molecule has 0 radical (unpaired) electrons. The molecule has 0 aliphatic carbocycles. The van der Waals surface area contributed by atoms with Crippen molar-refractivity contribution in [3.8, 4) is 0 Å². The highest BCUT2D eigenvalue weighted by atomic mass is 35.5. The van der Waals surface area contributed by atoms with E-state index in [-0.39, 0.29) is 6.04 Å². The van der Waals surface area contributed by atoms with Crippen LogP contribution in [0.1, 0.15) is 17.2 Å². The van der Waals surface area contributed by atoms with Crippen LogP contribution < -0.4 is 5.73 Å². The summed E-state index contributed by atoms with van der Waals surface area (Å²) in [6.45, 7) is 0. The van der Waals surface area contributed by atoms with Gasteiger partial charge in [0.25, 0.3) is 0 Å². The molecule has 0 fully saturated rings. The van der Waals surface area contributed by atoms with Gasteiger partial charge in [-0.1, -0.05) is 29.3 Å². The van der Waals surface area contributed by atoms with Crippen molar-refractivity contribution in [1.29, 1.82) is 0 Å². The molecule has 1 atom stereocenters. The Labute approximate surface area is 102 Å². The number of halogens is 2. The molecular formula is C11H9Cl2NS. The smallest absolute Gasteiger partial charge is 0.0595 e. The minimum absolute atomic E-state index is 0.133. The first kappa shape index (κ1) is 11.0. The highest BCUT2D eigenvalue weighted by molar-refractivity contribution is 7.08. The van der Waals surface area contributed by atoms with Gasteiger partial charge in [0, 0.05) is 0 Å². The maximum atomic E-state index is 6.08. The lowest BCUT2D eigenvalue weighted by atomic mass is 10.0. The van der Waals surface area contributed by atoms with Crippen molar-refractivity contribution in [3.63, 3.8) is 0 Å². The number of benzene rings is 1. The monoisotopic (exact) mass is 257 g/mol. The predicted octanol–water partition coefficient (Wildman–Crippen LogP) is 4.10. The molecule has 2 rings (SSSR count). The van der Waals surface area contributed by atoms with Crippen LogP contribution in [0.2, 0.25) is 10.0 Å². The fourth-order valence-corrected chi connectivity index (χ4v) is 2.35. The van der Waals surface area contributed by atoms with Crippen LogP contribution in [0.25, 0.3) is 0 Å². The summed E-state index contributed by atoms with van der Waals surface area (Å²) in [6.07, 6.45) is 0. The van der Waals surface area contributed by atoms with Crippen molar-refractivity contribution in [2.75, 3.05) is 0 Å². The molecule has 0 aliphatic rings. The second-order valence-corrected chi connectivity index (χ2v) is 4.80. The van der Waals surface area contributed by atoms with E-state index in [1.807, 2.05) is 29.0 Å². The summed E-state index contributed by atoms with van der Waals surface area (Å²) in [7, 11) is 0. The van der Waals surface area contributed by atoms with E-state index in [9.17, 15) is 0 Å². The SMILES string of the molecule is NC(c1ccsc1)c1ccc(Cl)c(Cl)c1. The van der Waals surface area contributed by atoms with Gasteiger partial charge in [-0.2, -0.15) is 11.3 Å². The first-order chi connectivity index (χ1) is 7.18. The molecule has 0 aliphatic heterocycles. The summed E-state index contributed by atoms with van der Waals surface area (Å²) in [5.74, 6) is 0. The summed E-state index contributed by atoms with van der Waals surface area (Å²) < 4.78 is 0. The standard InChI is InChI=1S/C11H9Cl2NS/c12-9-2-1-7(5-10(9)13)11(14)8-3-4-15-6-8/h1-6,11H,14H2. The van der Waals surface area contributed by atoms with Crippen molar-refractivity contribution < 1.29 is 0 Å². The molecule has 15 heavy (non-hydrogen) atoms. The molecule has 2 aromatic rings. The molecule has 2 N–H and O–H groups in total.